The summed E-state index contributed by atoms with van der Waals surface area (Å²) in [6.45, 7) is 6.03. The molecule has 1 aliphatic rings. The van der Waals surface area contributed by atoms with E-state index in [-0.39, 0.29) is 5.91 Å². The van der Waals surface area contributed by atoms with Crippen molar-refractivity contribution in [3.8, 4) is 5.75 Å². The molecule has 0 unspecified atom stereocenters. The summed E-state index contributed by atoms with van der Waals surface area (Å²) in [4.78, 5) is 17.3. The summed E-state index contributed by atoms with van der Waals surface area (Å²) in [7, 11) is 0. The van der Waals surface area contributed by atoms with Crippen LogP contribution in [0.2, 0.25) is 15.1 Å². The molecule has 4 nitrogen and oxygen atoms in total. The third kappa shape index (κ3) is 6.21. The van der Waals surface area contributed by atoms with Crippen molar-refractivity contribution >= 4 is 40.7 Å². The predicted molar refractivity (Wildman–Crippen MR) is 135 cm³/mol. The van der Waals surface area contributed by atoms with Crippen molar-refractivity contribution in [2.75, 3.05) is 26.2 Å². The molecule has 33 heavy (non-hydrogen) atoms. The van der Waals surface area contributed by atoms with Gasteiger partial charge in [0.15, 0.2) is 0 Å². The number of rotatable bonds is 6. The molecule has 0 radical (unpaired) electrons. The molecular formula is C26H25Cl3N2O2. The lowest BCUT2D eigenvalue weighted by Gasteiger charge is -2.35. The summed E-state index contributed by atoms with van der Waals surface area (Å²) in [6.07, 6.45) is 0. The second-order valence-corrected chi connectivity index (χ2v) is 9.48. The fraction of sp³-hybridized carbons (Fsp3) is 0.269. The first kappa shape index (κ1) is 23.9. The van der Waals surface area contributed by atoms with Gasteiger partial charge in [-0.1, -0.05) is 53.0 Å². The maximum absolute atomic E-state index is 13.1. The Morgan fingerprint density at radius 3 is 2.36 bits per heavy atom. The Balaban J connectivity index is 1.33. The molecule has 172 valence electrons. The van der Waals surface area contributed by atoms with Crippen LogP contribution in [0, 0.1) is 6.92 Å². The Kier molecular flexibility index (Phi) is 7.82. The number of halogens is 3. The van der Waals surface area contributed by atoms with Crippen molar-refractivity contribution in [1.29, 1.82) is 0 Å². The van der Waals surface area contributed by atoms with Crippen molar-refractivity contribution in [3.63, 3.8) is 0 Å². The van der Waals surface area contributed by atoms with Crippen LogP contribution >= 0.6 is 34.8 Å². The predicted octanol–water partition coefficient (Wildman–Crippen LogP) is 6.49. The molecule has 1 amide bonds. The lowest BCUT2D eigenvalue weighted by molar-refractivity contribution is 0.0628. The van der Waals surface area contributed by atoms with Gasteiger partial charge in [-0.05, 0) is 66.1 Å². The van der Waals surface area contributed by atoms with Gasteiger partial charge in [-0.2, -0.15) is 0 Å². The summed E-state index contributed by atoms with van der Waals surface area (Å²) in [6, 6.07) is 18.8. The van der Waals surface area contributed by atoms with Crippen LogP contribution in [0.4, 0.5) is 0 Å². The summed E-state index contributed by atoms with van der Waals surface area (Å²) >= 11 is 18.3. The van der Waals surface area contributed by atoms with E-state index in [1.165, 1.54) is 0 Å². The highest BCUT2D eigenvalue weighted by molar-refractivity contribution is 6.35. The Morgan fingerprint density at radius 2 is 1.64 bits per heavy atom. The molecule has 0 aromatic heterocycles. The third-order valence-electron chi connectivity index (χ3n) is 5.77. The zero-order valence-corrected chi connectivity index (χ0v) is 20.6. The van der Waals surface area contributed by atoms with Crippen molar-refractivity contribution < 1.29 is 9.53 Å². The fourth-order valence-corrected chi connectivity index (χ4v) is 4.61. The van der Waals surface area contributed by atoms with Gasteiger partial charge in [0.05, 0.1) is 0 Å². The first-order valence-corrected chi connectivity index (χ1v) is 12.0. The molecule has 0 spiro atoms. The van der Waals surface area contributed by atoms with Gasteiger partial charge in [-0.25, -0.2) is 0 Å². The Hall–Kier alpha value is -2.24. The molecule has 0 N–H and O–H groups in total. The molecule has 0 bridgehead atoms. The van der Waals surface area contributed by atoms with Crippen LogP contribution < -0.4 is 4.74 Å². The molecule has 0 atom stereocenters. The van der Waals surface area contributed by atoms with Crippen LogP contribution in [0.3, 0.4) is 0 Å². The van der Waals surface area contributed by atoms with E-state index in [0.717, 1.165) is 42.1 Å². The van der Waals surface area contributed by atoms with Gasteiger partial charge in [0.25, 0.3) is 5.91 Å². The van der Waals surface area contributed by atoms with Crippen LogP contribution in [0.5, 0.6) is 5.75 Å². The molecule has 0 saturated carbocycles. The van der Waals surface area contributed by atoms with Crippen LogP contribution in [-0.4, -0.2) is 41.9 Å². The SMILES string of the molecule is Cc1cc(Cl)ccc1OCc1cccc(C(=O)N2CCN(Cc3ccc(Cl)cc3Cl)CC2)c1. The van der Waals surface area contributed by atoms with E-state index in [0.29, 0.717) is 40.3 Å². The highest BCUT2D eigenvalue weighted by atomic mass is 35.5. The van der Waals surface area contributed by atoms with E-state index in [1.807, 2.05) is 66.4 Å². The number of amides is 1. The standard InChI is InChI=1S/C26H25Cl3N2O2/c1-18-13-22(27)7-8-25(18)33-17-19-3-2-4-20(14-19)26(32)31-11-9-30(10-12-31)16-21-5-6-23(28)15-24(21)29/h2-8,13-15H,9-12,16-17H2,1H3. The van der Waals surface area contributed by atoms with Gasteiger partial charge in [0, 0.05) is 53.4 Å². The van der Waals surface area contributed by atoms with Crippen molar-refractivity contribution in [3.05, 3.63) is 98.0 Å². The van der Waals surface area contributed by atoms with Crippen molar-refractivity contribution in [1.82, 2.24) is 9.80 Å². The number of carbonyl (C=O) groups is 1. The van der Waals surface area contributed by atoms with Crippen LogP contribution in [0.25, 0.3) is 0 Å². The third-order valence-corrected chi connectivity index (χ3v) is 6.60. The smallest absolute Gasteiger partial charge is 0.253 e. The summed E-state index contributed by atoms with van der Waals surface area (Å²) in [5.41, 5.74) is 3.65. The number of aryl methyl sites for hydroxylation is 1. The minimum Gasteiger partial charge on any atom is -0.489 e. The monoisotopic (exact) mass is 502 g/mol. The summed E-state index contributed by atoms with van der Waals surface area (Å²) in [5.74, 6) is 0.830. The highest BCUT2D eigenvalue weighted by Gasteiger charge is 2.23. The topological polar surface area (TPSA) is 32.8 Å². The summed E-state index contributed by atoms with van der Waals surface area (Å²) in [5, 5.41) is 1.99. The maximum Gasteiger partial charge on any atom is 0.253 e. The quantitative estimate of drug-likeness (QED) is 0.385. The Morgan fingerprint density at radius 1 is 0.909 bits per heavy atom. The number of nitrogens with zero attached hydrogens (tertiary/aromatic N) is 2. The lowest BCUT2D eigenvalue weighted by atomic mass is 10.1. The fourth-order valence-electron chi connectivity index (χ4n) is 3.91. The molecular weight excluding hydrogens is 479 g/mol. The normalized spacial score (nSPS) is 14.4. The number of hydrogen-bond donors (Lipinski definition) is 0. The van der Waals surface area contributed by atoms with Gasteiger partial charge in [-0.15, -0.1) is 0 Å². The number of benzene rings is 3. The van der Waals surface area contributed by atoms with E-state index in [9.17, 15) is 4.79 Å². The molecule has 7 heteroatoms. The average Bonchev–Trinajstić information content (AvgIpc) is 2.80. The van der Waals surface area contributed by atoms with Gasteiger partial charge >= 0.3 is 0 Å². The lowest BCUT2D eigenvalue weighted by Crippen LogP contribution is -2.48. The molecule has 1 saturated heterocycles. The van der Waals surface area contributed by atoms with Gasteiger partial charge in [0.2, 0.25) is 0 Å². The number of carbonyl (C=O) groups excluding carboxylic acids is 1. The zero-order valence-electron chi connectivity index (χ0n) is 18.4. The van der Waals surface area contributed by atoms with E-state index >= 15 is 0 Å². The van der Waals surface area contributed by atoms with E-state index in [4.69, 9.17) is 39.5 Å². The largest absolute Gasteiger partial charge is 0.489 e. The minimum absolute atomic E-state index is 0.0451. The first-order valence-electron chi connectivity index (χ1n) is 10.8. The average molecular weight is 504 g/mol. The second-order valence-electron chi connectivity index (χ2n) is 8.20. The van der Waals surface area contributed by atoms with E-state index in [2.05, 4.69) is 4.90 Å². The second kappa shape index (κ2) is 10.8. The molecule has 0 aliphatic carbocycles. The van der Waals surface area contributed by atoms with Crippen molar-refractivity contribution in [2.24, 2.45) is 0 Å². The molecule has 1 aliphatic heterocycles. The van der Waals surface area contributed by atoms with Crippen molar-refractivity contribution in [2.45, 2.75) is 20.1 Å². The van der Waals surface area contributed by atoms with Crippen LogP contribution in [0.1, 0.15) is 27.0 Å². The van der Waals surface area contributed by atoms with Gasteiger partial charge in [-0.3, -0.25) is 9.69 Å². The first-order chi connectivity index (χ1) is 15.9. The zero-order chi connectivity index (χ0) is 23.4. The van der Waals surface area contributed by atoms with Crippen LogP contribution in [-0.2, 0) is 13.2 Å². The van der Waals surface area contributed by atoms with E-state index < -0.39 is 0 Å². The number of piperazine rings is 1. The Bertz CT molecular complexity index is 1140. The van der Waals surface area contributed by atoms with Gasteiger partial charge < -0.3 is 9.64 Å². The van der Waals surface area contributed by atoms with Crippen LogP contribution in [0.15, 0.2) is 60.7 Å². The Labute approximate surface area is 209 Å². The maximum atomic E-state index is 13.1. The highest BCUT2D eigenvalue weighted by Crippen LogP contribution is 2.24. The molecule has 1 fully saturated rings. The molecule has 1 heterocycles. The van der Waals surface area contributed by atoms with E-state index in [1.54, 1.807) is 6.07 Å². The molecule has 3 aromatic rings. The number of hydrogen-bond acceptors (Lipinski definition) is 3. The molecule has 3 aromatic carbocycles. The van der Waals surface area contributed by atoms with Gasteiger partial charge in [0.1, 0.15) is 12.4 Å². The number of ether oxygens (including phenoxy) is 1. The molecule has 4 rings (SSSR count). The summed E-state index contributed by atoms with van der Waals surface area (Å²) < 4.78 is 5.94. The minimum atomic E-state index is 0.0451.